The molecule has 2 aliphatic rings. The lowest BCUT2D eigenvalue weighted by atomic mass is 10.0. The normalized spacial score (nSPS) is 17.4. The summed E-state index contributed by atoms with van der Waals surface area (Å²) < 4.78 is 7.31. The molecule has 0 aliphatic carbocycles. The molecule has 12 heteroatoms. The number of pyridine rings is 1. The maximum absolute atomic E-state index is 9.62. The molecule has 12 nitrogen and oxygen atoms in total. The minimum atomic E-state index is -0.0291. The van der Waals surface area contributed by atoms with Gasteiger partial charge in [-0.05, 0) is 74.7 Å². The minimum Gasteiger partial charge on any atom is -0.396 e. The fourth-order valence-corrected chi connectivity index (χ4v) is 5.92. The van der Waals surface area contributed by atoms with Gasteiger partial charge in [0.2, 0.25) is 0 Å². The zero-order valence-electron chi connectivity index (χ0n) is 23.2. The number of aliphatic hydroxyl groups is 1. The van der Waals surface area contributed by atoms with E-state index in [0.717, 1.165) is 59.9 Å². The zero-order chi connectivity index (χ0) is 28.6. The quantitative estimate of drug-likeness (QED) is 0.256. The highest BCUT2D eigenvalue weighted by molar-refractivity contribution is 5.82. The van der Waals surface area contributed by atoms with Crippen LogP contribution in [-0.2, 0) is 11.2 Å². The van der Waals surface area contributed by atoms with Crippen molar-refractivity contribution in [2.24, 2.45) is 0 Å². The van der Waals surface area contributed by atoms with E-state index in [4.69, 9.17) is 9.72 Å². The number of rotatable bonds is 8. The predicted molar refractivity (Wildman–Crippen MR) is 155 cm³/mol. The largest absolute Gasteiger partial charge is 0.396 e. The van der Waals surface area contributed by atoms with Gasteiger partial charge in [0.15, 0.2) is 11.5 Å². The van der Waals surface area contributed by atoms with Crippen LogP contribution in [-0.4, -0.2) is 77.3 Å². The van der Waals surface area contributed by atoms with Crippen LogP contribution in [0, 0.1) is 18.3 Å². The molecule has 42 heavy (non-hydrogen) atoms. The molecule has 3 N–H and O–H groups in total. The van der Waals surface area contributed by atoms with Crippen molar-refractivity contribution in [2.45, 2.75) is 38.3 Å². The number of imidazole rings is 1. The van der Waals surface area contributed by atoms with E-state index in [1.807, 2.05) is 47.9 Å². The van der Waals surface area contributed by atoms with Crippen LogP contribution in [0.1, 0.15) is 41.5 Å². The number of hydrogen-bond donors (Lipinski definition) is 3. The molecule has 5 aromatic rings. The molecule has 1 aromatic carbocycles. The Labute approximate surface area is 242 Å². The van der Waals surface area contributed by atoms with E-state index in [1.165, 1.54) is 6.42 Å². The van der Waals surface area contributed by atoms with Crippen LogP contribution in [0.2, 0.25) is 0 Å². The van der Waals surface area contributed by atoms with E-state index in [0.29, 0.717) is 41.4 Å². The maximum Gasteiger partial charge on any atom is 0.171 e. The van der Waals surface area contributed by atoms with Crippen LogP contribution in [0.5, 0.6) is 0 Å². The lowest BCUT2D eigenvalue weighted by molar-refractivity contribution is -0.0702. The predicted octanol–water partition coefficient (Wildman–Crippen LogP) is 3.59. The number of anilines is 2. The highest BCUT2D eigenvalue weighted by Crippen LogP contribution is 2.35. The Hall–Kier alpha value is -4.70. The van der Waals surface area contributed by atoms with Crippen LogP contribution >= 0.6 is 0 Å². The Kier molecular flexibility index (Phi) is 6.83. The molecule has 0 bridgehead atoms. The van der Waals surface area contributed by atoms with Gasteiger partial charge in [-0.3, -0.25) is 14.6 Å². The molecule has 2 saturated heterocycles. The number of nitrogens with one attached hydrogen (secondary N) is 2. The van der Waals surface area contributed by atoms with Crippen molar-refractivity contribution >= 4 is 22.5 Å². The summed E-state index contributed by atoms with van der Waals surface area (Å²) in [4.78, 5) is 12.0. The summed E-state index contributed by atoms with van der Waals surface area (Å²) in [6.45, 7) is 4.52. The number of aromatic amines is 1. The van der Waals surface area contributed by atoms with E-state index in [1.54, 1.807) is 6.33 Å². The Morgan fingerprint density at radius 3 is 2.83 bits per heavy atom. The van der Waals surface area contributed by atoms with Gasteiger partial charge in [0.25, 0.3) is 0 Å². The van der Waals surface area contributed by atoms with E-state index < -0.39 is 0 Å². The van der Waals surface area contributed by atoms with E-state index in [9.17, 15) is 10.4 Å². The van der Waals surface area contributed by atoms with Crippen molar-refractivity contribution in [3.8, 4) is 23.1 Å². The van der Waals surface area contributed by atoms with Gasteiger partial charge >= 0.3 is 0 Å². The first-order chi connectivity index (χ1) is 20.6. The van der Waals surface area contributed by atoms with E-state index in [-0.39, 0.29) is 12.3 Å². The molecule has 212 valence electrons. The fraction of sp³-hybridized carbons (Fsp3) is 0.333. The number of aromatic nitrogens is 7. The molecule has 2 aliphatic heterocycles. The number of H-pyrrole nitrogens is 1. The van der Waals surface area contributed by atoms with Crippen LogP contribution in [0.15, 0.2) is 48.8 Å². The molecule has 0 radical (unpaired) electrons. The number of aryl methyl sites for hydroxylation is 1. The summed E-state index contributed by atoms with van der Waals surface area (Å²) in [6.07, 6.45) is 4.41. The lowest BCUT2D eigenvalue weighted by Crippen LogP contribution is -2.48. The fourth-order valence-electron chi connectivity index (χ4n) is 5.92. The molecule has 1 atom stereocenters. The van der Waals surface area contributed by atoms with Crippen LogP contribution in [0.4, 0.5) is 11.5 Å². The van der Waals surface area contributed by atoms with Crippen molar-refractivity contribution < 1.29 is 9.84 Å². The number of nitrogens with zero attached hydrogens (tertiary/aromatic N) is 8. The van der Waals surface area contributed by atoms with Crippen molar-refractivity contribution in [1.82, 2.24) is 39.8 Å². The van der Waals surface area contributed by atoms with E-state index in [2.05, 4.69) is 47.7 Å². The molecule has 4 aromatic heterocycles. The Balaban J connectivity index is 1.14. The molecule has 0 spiro atoms. The topological polar surface area (TPSA) is 154 Å². The molecular formula is C30H30N10O2. The van der Waals surface area contributed by atoms with Gasteiger partial charge in [-0.1, -0.05) is 6.07 Å². The number of benzene rings is 1. The second kappa shape index (κ2) is 10.9. The third-order valence-electron chi connectivity index (χ3n) is 8.11. The second-order valence-corrected chi connectivity index (χ2v) is 10.7. The second-order valence-electron chi connectivity index (χ2n) is 10.7. The highest BCUT2D eigenvalue weighted by Gasteiger charge is 2.36. The summed E-state index contributed by atoms with van der Waals surface area (Å²) >= 11 is 0. The third-order valence-corrected chi connectivity index (χ3v) is 8.11. The molecular weight excluding hydrogens is 532 g/mol. The average molecular weight is 563 g/mol. The number of ether oxygens (including phenoxy) is 1. The Morgan fingerprint density at radius 2 is 2.07 bits per heavy atom. The summed E-state index contributed by atoms with van der Waals surface area (Å²) in [5.74, 6) is 1.32. The summed E-state index contributed by atoms with van der Waals surface area (Å²) in [6, 6.07) is 16.7. The summed E-state index contributed by atoms with van der Waals surface area (Å²) in [5.41, 5.74) is 6.63. The summed E-state index contributed by atoms with van der Waals surface area (Å²) in [5, 5.41) is 38.6. The average Bonchev–Trinajstić information content (AvgIpc) is 3.71. The SMILES string of the molecule is Cc1[nH]nc(C#N)c1-c1nc(-n2cnc3cc(Nc4ccc([C@H]5CCCN5C5COC5)nn4)ccc32)ccc1CCO. The van der Waals surface area contributed by atoms with Crippen molar-refractivity contribution in [1.29, 1.82) is 5.26 Å². The molecule has 0 saturated carbocycles. The zero-order valence-corrected chi connectivity index (χ0v) is 23.2. The van der Waals surface area contributed by atoms with Crippen LogP contribution < -0.4 is 5.32 Å². The van der Waals surface area contributed by atoms with Gasteiger partial charge in [0.05, 0.1) is 53.3 Å². The third kappa shape index (κ3) is 4.67. The molecule has 2 fully saturated rings. The van der Waals surface area contributed by atoms with Gasteiger partial charge in [-0.2, -0.15) is 15.5 Å². The first-order valence-corrected chi connectivity index (χ1v) is 14.1. The van der Waals surface area contributed by atoms with E-state index >= 15 is 0 Å². The number of nitriles is 1. The van der Waals surface area contributed by atoms with Gasteiger partial charge in [0.1, 0.15) is 18.2 Å². The van der Waals surface area contributed by atoms with Gasteiger partial charge in [0, 0.05) is 18.0 Å². The van der Waals surface area contributed by atoms with Gasteiger partial charge < -0.3 is 15.2 Å². The van der Waals surface area contributed by atoms with Crippen molar-refractivity contribution in [3.63, 3.8) is 0 Å². The van der Waals surface area contributed by atoms with Crippen molar-refractivity contribution in [2.75, 3.05) is 31.7 Å². The smallest absolute Gasteiger partial charge is 0.171 e. The Bertz CT molecular complexity index is 1780. The number of likely N-dealkylation sites (tertiary alicyclic amines) is 1. The molecule has 0 unspecified atom stereocenters. The summed E-state index contributed by atoms with van der Waals surface area (Å²) in [7, 11) is 0. The monoisotopic (exact) mass is 562 g/mol. The first kappa shape index (κ1) is 26.2. The minimum absolute atomic E-state index is 0.0291. The molecule has 7 rings (SSSR count). The number of hydrogen-bond acceptors (Lipinski definition) is 10. The number of fused-ring (bicyclic) bond motifs is 1. The maximum atomic E-state index is 9.62. The van der Waals surface area contributed by atoms with Crippen LogP contribution in [0.3, 0.4) is 0 Å². The molecule has 0 amide bonds. The lowest BCUT2D eigenvalue weighted by Gasteiger charge is -2.37. The highest BCUT2D eigenvalue weighted by atomic mass is 16.5. The first-order valence-electron chi connectivity index (χ1n) is 14.1. The Morgan fingerprint density at radius 1 is 1.17 bits per heavy atom. The standard InChI is InChI=1S/C30H30N10O2/c1-18-29(24(14-31)37-35-18)30-19(10-12-41)4-9-28(34-30)40-17-32-23-13-20(5-7-26(23)40)33-27-8-6-22(36-38-27)25-3-2-11-39(25)21-15-42-16-21/h4-9,13,17,21,25,41H,2-3,10-12,15-16H2,1H3,(H,33,38)(H,35,37)/t25-/m1/s1. The van der Waals surface area contributed by atoms with Crippen LogP contribution in [0.25, 0.3) is 28.1 Å². The van der Waals surface area contributed by atoms with Gasteiger partial charge in [-0.15, -0.1) is 5.10 Å². The molecule has 6 heterocycles. The van der Waals surface area contributed by atoms with Gasteiger partial charge in [-0.25, -0.2) is 9.97 Å². The number of aliphatic hydroxyl groups excluding tert-OH is 1. The van der Waals surface area contributed by atoms with Crippen molar-refractivity contribution in [3.05, 3.63) is 71.4 Å².